The Morgan fingerprint density at radius 1 is 1.09 bits per heavy atom. The number of allylic oxidation sites excluding steroid dienone is 1. The smallest absolute Gasteiger partial charge is 0.322 e. The minimum atomic E-state index is -0.414. The molecule has 3 aromatic rings. The number of carbonyl (C=O) groups excluding carboxylic acids is 1. The van der Waals surface area contributed by atoms with E-state index in [1.807, 2.05) is 62.4 Å². The minimum absolute atomic E-state index is 0.140. The van der Waals surface area contributed by atoms with Crippen LogP contribution in [0.25, 0.3) is 17.0 Å². The minimum Gasteiger partial charge on any atom is -0.497 e. The first-order valence-electron chi connectivity index (χ1n) is 10.7. The van der Waals surface area contributed by atoms with Crippen LogP contribution in [0.4, 0.5) is 4.79 Å². The number of methoxy groups -OCH3 is 1. The van der Waals surface area contributed by atoms with Crippen LogP contribution in [-0.2, 0) is 0 Å². The van der Waals surface area contributed by atoms with E-state index in [0.29, 0.717) is 24.2 Å². The summed E-state index contributed by atoms with van der Waals surface area (Å²) >= 11 is 0. The number of amides is 2. The van der Waals surface area contributed by atoms with Crippen molar-refractivity contribution in [2.75, 3.05) is 13.7 Å². The lowest BCUT2D eigenvalue weighted by molar-refractivity contribution is 0.199. The Morgan fingerprint density at radius 3 is 2.41 bits per heavy atom. The third-order valence-corrected chi connectivity index (χ3v) is 5.56. The number of hydrogen-bond acceptors (Lipinski definition) is 5. The number of aryl methyl sites for hydroxylation is 1. The van der Waals surface area contributed by atoms with Gasteiger partial charge in [0.05, 0.1) is 18.7 Å². The van der Waals surface area contributed by atoms with Gasteiger partial charge in [-0.1, -0.05) is 61.0 Å². The average molecular weight is 433 g/mol. The Morgan fingerprint density at radius 2 is 1.78 bits per heavy atom. The van der Waals surface area contributed by atoms with Crippen LogP contribution in [0.15, 0.2) is 58.8 Å². The van der Waals surface area contributed by atoms with Gasteiger partial charge >= 0.3 is 6.03 Å². The lowest BCUT2D eigenvalue weighted by Crippen LogP contribution is -2.47. The molecule has 7 heteroatoms. The Bertz CT molecular complexity index is 1130. The number of ether oxygens (including phenoxy) is 1. The SMILES string of the molecule is COc1ccc(C2NC(=O)N(CC(C)C)C(C)=C2c2nc(-c3ccc(C)cc3)no2)cc1. The summed E-state index contributed by atoms with van der Waals surface area (Å²) in [5, 5.41) is 7.34. The predicted octanol–water partition coefficient (Wildman–Crippen LogP) is 5.21. The third kappa shape index (κ3) is 4.23. The van der Waals surface area contributed by atoms with E-state index in [1.165, 1.54) is 0 Å². The average Bonchev–Trinajstić information content (AvgIpc) is 3.26. The number of aromatic nitrogens is 2. The van der Waals surface area contributed by atoms with E-state index >= 15 is 0 Å². The maximum atomic E-state index is 13.0. The Labute approximate surface area is 188 Å². The van der Waals surface area contributed by atoms with Crippen molar-refractivity contribution in [3.05, 3.63) is 71.2 Å². The monoisotopic (exact) mass is 432 g/mol. The zero-order valence-corrected chi connectivity index (χ0v) is 19.0. The maximum Gasteiger partial charge on any atom is 0.322 e. The van der Waals surface area contributed by atoms with Crippen molar-refractivity contribution in [1.29, 1.82) is 0 Å². The first kappa shape index (κ1) is 21.6. The van der Waals surface area contributed by atoms with E-state index in [0.717, 1.165) is 33.7 Å². The lowest BCUT2D eigenvalue weighted by Gasteiger charge is -2.36. The molecule has 32 heavy (non-hydrogen) atoms. The van der Waals surface area contributed by atoms with E-state index in [4.69, 9.17) is 14.2 Å². The fourth-order valence-electron chi connectivity index (χ4n) is 3.84. The van der Waals surface area contributed by atoms with Crippen molar-refractivity contribution in [2.24, 2.45) is 5.92 Å². The third-order valence-electron chi connectivity index (χ3n) is 5.56. The van der Waals surface area contributed by atoms with Gasteiger partial charge in [-0.25, -0.2) is 4.79 Å². The van der Waals surface area contributed by atoms with Crippen LogP contribution in [0.5, 0.6) is 5.75 Å². The van der Waals surface area contributed by atoms with Crippen LogP contribution in [0.3, 0.4) is 0 Å². The van der Waals surface area contributed by atoms with Gasteiger partial charge in [0, 0.05) is 17.8 Å². The molecule has 0 spiro atoms. The van der Waals surface area contributed by atoms with Crippen molar-refractivity contribution in [3.8, 4) is 17.1 Å². The highest BCUT2D eigenvalue weighted by Gasteiger charge is 2.35. The van der Waals surface area contributed by atoms with Gasteiger partial charge in [0.15, 0.2) is 0 Å². The van der Waals surface area contributed by atoms with E-state index < -0.39 is 6.04 Å². The number of hydrogen-bond donors (Lipinski definition) is 1. The van der Waals surface area contributed by atoms with Crippen molar-refractivity contribution in [1.82, 2.24) is 20.4 Å². The standard InChI is InChI=1S/C25H28N4O3/c1-15(2)14-29-17(4)21(22(26-25(29)30)18-10-12-20(31-5)13-11-18)24-27-23(28-32-24)19-8-6-16(3)7-9-19/h6-13,15,22H,14H2,1-5H3,(H,26,30). The summed E-state index contributed by atoms with van der Waals surface area (Å²) in [6.07, 6.45) is 0. The second-order valence-corrected chi connectivity index (χ2v) is 8.45. The molecule has 0 aliphatic carbocycles. The molecule has 0 radical (unpaired) electrons. The van der Waals surface area contributed by atoms with Gasteiger partial charge in [0.1, 0.15) is 5.75 Å². The maximum absolute atomic E-state index is 13.0. The van der Waals surface area contributed by atoms with Gasteiger partial charge in [0.25, 0.3) is 5.89 Å². The summed E-state index contributed by atoms with van der Waals surface area (Å²) in [6, 6.07) is 15.0. The van der Waals surface area contributed by atoms with Gasteiger partial charge in [-0.3, -0.25) is 4.90 Å². The quantitative estimate of drug-likeness (QED) is 0.579. The lowest BCUT2D eigenvalue weighted by atomic mass is 9.94. The molecule has 1 aliphatic heterocycles. The molecule has 1 atom stereocenters. The topological polar surface area (TPSA) is 80.5 Å². The summed E-state index contributed by atoms with van der Waals surface area (Å²) in [7, 11) is 1.63. The molecule has 2 aromatic carbocycles. The van der Waals surface area contributed by atoms with E-state index in [2.05, 4.69) is 24.3 Å². The Balaban J connectivity index is 1.79. The molecular weight excluding hydrogens is 404 g/mol. The zero-order chi connectivity index (χ0) is 22.8. The predicted molar refractivity (Wildman–Crippen MR) is 123 cm³/mol. The first-order chi connectivity index (χ1) is 15.4. The van der Waals surface area contributed by atoms with E-state index in [1.54, 1.807) is 12.0 Å². The van der Waals surface area contributed by atoms with Crippen molar-refractivity contribution < 1.29 is 14.1 Å². The second-order valence-electron chi connectivity index (χ2n) is 8.45. The van der Waals surface area contributed by atoms with Crippen LogP contribution in [0.2, 0.25) is 0 Å². The molecule has 2 amide bonds. The highest BCUT2D eigenvalue weighted by atomic mass is 16.5. The van der Waals surface area contributed by atoms with E-state index in [9.17, 15) is 4.79 Å². The molecule has 0 saturated heterocycles. The van der Waals surface area contributed by atoms with Gasteiger partial charge in [0.2, 0.25) is 5.82 Å². The number of nitrogens with one attached hydrogen (secondary N) is 1. The summed E-state index contributed by atoms with van der Waals surface area (Å²) in [4.78, 5) is 19.4. The van der Waals surface area contributed by atoms with Crippen LogP contribution >= 0.6 is 0 Å². The van der Waals surface area contributed by atoms with E-state index in [-0.39, 0.29) is 6.03 Å². The molecular formula is C25H28N4O3. The molecule has 166 valence electrons. The summed E-state index contributed by atoms with van der Waals surface area (Å²) in [6.45, 7) is 8.72. The molecule has 1 unspecified atom stereocenters. The molecule has 7 nitrogen and oxygen atoms in total. The van der Waals surface area contributed by atoms with Crippen LogP contribution in [0.1, 0.15) is 43.8 Å². The summed E-state index contributed by atoms with van der Waals surface area (Å²) in [5.41, 5.74) is 4.55. The molecule has 1 N–H and O–H groups in total. The van der Waals surface area contributed by atoms with Gasteiger partial charge < -0.3 is 14.6 Å². The van der Waals surface area contributed by atoms with Crippen molar-refractivity contribution >= 4 is 11.6 Å². The number of carbonyl (C=O) groups is 1. The summed E-state index contributed by atoms with van der Waals surface area (Å²) in [5.74, 6) is 1.97. The Kier molecular flexibility index (Phi) is 5.99. The zero-order valence-electron chi connectivity index (χ0n) is 19.0. The van der Waals surface area contributed by atoms with Crippen LogP contribution in [0, 0.1) is 12.8 Å². The molecule has 0 saturated carbocycles. The highest BCUT2D eigenvalue weighted by molar-refractivity contribution is 5.86. The fraction of sp³-hybridized carbons (Fsp3) is 0.320. The number of rotatable bonds is 6. The number of benzene rings is 2. The molecule has 0 bridgehead atoms. The molecule has 0 fully saturated rings. The van der Waals surface area contributed by atoms with Gasteiger partial charge in [-0.2, -0.15) is 4.98 Å². The molecule has 1 aliphatic rings. The van der Waals surface area contributed by atoms with Crippen LogP contribution in [-0.4, -0.2) is 34.7 Å². The largest absolute Gasteiger partial charge is 0.497 e. The van der Waals surface area contributed by atoms with Gasteiger partial charge in [-0.05, 0) is 37.5 Å². The number of urea groups is 1. The fourth-order valence-corrected chi connectivity index (χ4v) is 3.84. The normalized spacial score (nSPS) is 16.5. The van der Waals surface area contributed by atoms with Crippen LogP contribution < -0.4 is 10.1 Å². The van der Waals surface area contributed by atoms with Crippen molar-refractivity contribution in [2.45, 2.75) is 33.7 Å². The molecule has 2 heterocycles. The van der Waals surface area contributed by atoms with Crippen molar-refractivity contribution in [3.63, 3.8) is 0 Å². The summed E-state index contributed by atoms with van der Waals surface area (Å²) < 4.78 is 11.0. The Hall–Kier alpha value is -3.61. The van der Waals surface area contributed by atoms with Gasteiger partial charge in [-0.15, -0.1) is 0 Å². The molecule has 1 aromatic heterocycles. The molecule has 4 rings (SSSR count). The first-order valence-corrected chi connectivity index (χ1v) is 10.7. The second kappa shape index (κ2) is 8.86. The number of nitrogens with zero attached hydrogens (tertiary/aromatic N) is 3. The highest BCUT2D eigenvalue weighted by Crippen LogP contribution is 2.38.